The summed E-state index contributed by atoms with van der Waals surface area (Å²) >= 11 is 0. The molecule has 6 nitrogen and oxygen atoms in total. The highest BCUT2D eigenvalue weighted by atomic mass is 16.5. The Balaban J connectivity index is 1.54. The van der Waals surface area contributed by atoms with Crippen LogP contribution in [0.15, 0.2) is 36.4 Å². The number of carbonyl (C=O) groups is 1. The molecule has 0 spiro atoms. The molecule has 1 aromatic carbocycles. The second kappa shape index (κ2) is 7.28. The third kappa shape index (κ3) is 4.10. The molecule has 0 aliphatic carbocycles. The maximum atomic E-state index is 12.2. The van der Waals surface area contributed by atoms with Gasteiger partial charge in [-0.25, -0.2) is 0 Å². The summed E-state index contributed by atoms with van der Waals surface area (Å²) < 4.78 is 5.37. The van der Waals surface area contributed by atoms with Crippen LogP contribution in [0, 0.1) is 0 Å². The Bertz CT molecular complexity index is 635. The quantitative estimate of drug-likeness (QED) is 0.889. The number of nitrogens with zero attached hydrogens (tertiary/aromatic N) is 2. The summed E-state index contributed by atoms with van der Waals surface area (Å²) in [5.41, 5.74) is 2.08. The fourth-order valence-corrected chi connectivity index (χ4v) is 2.79. The van der Waals surface area contributed by atoms with E-state index in [1.807, 2.05) is 48.3 Å². The van der Waals surface area contributed by atoms with E-state index in [1.165, 1.54) is 0 Å². The van der Waals surface area contributed by atoms with Crippen LogP contribution in [0.4, 0.5) is 11.5 Å². The molecule has 2 heterocycles. The molecule has 1 aliphatic rings. The van der Waals surface area contributed by atoms with Crippen LogP contribution in [-0.4, -0.2) is 42.9 Å². The Hall–Kier alpha value is -2.34. The molecule has 23 heavy (non-hydrogen) atoms. The first-order valence-corrected chi connectivity index (χ1v) is 7.91. The van der Waals surface area contributed by atoms with Crippen molar-refractivity contribution in [1.29, 1.82) is 0 Å². The second-order valence-electron chi connectivity index (χ2n) is 5.83. The molecule has 1 aliphatic heterocycles. The summed E-state index contributed by atoms with van der Waals surface area (Å²) in [5, 5.41) is 10.1. The number of benzene rings is 1. The standard InChI is InChI=1S/C17H22N4O2/c1-21(14-5-3-2-4-6-14)12-17(22)18-16-11-15(19-20-16)13-7-9-23-10-8-13/h2-6,11,13H,7-10,12H2,1H3,(H2,18,19,20,22). The minimum absolute atomic E-state index is 0.0821. The Morgan fingerprint density at radius 3 is 2.83 bits per heavy atom. The minimum atomic E-state index is -0.0821. The highest BCUT2D eigenvalue weighted by Crippen LogP contribution is 2.26. The van der Waals surface area contributed by atoms with E-state index < -0.39 is 0 Å². The van der Waals surface area contributed by atoms with Gasteiger partial charge in [0.05, 0.1) is 6.54 Å². The van der Waals surface area contributed by atoms with Crippen LogP contribution < -0.4 is 10.2 Å². The molecule has 1 amide bonds. The van der Waals surface area contributed by atoms with E-state index >= 15 is 0 Å². The highest BCUT2D eigenvalue weighted by molar-refractivity contribution is 5.93. The molecule has 0 unspecified atom stereocenters. The number of para-hydroxylation sites is 1. The largest absolute Gasteiger partial charge is 0.381 e. The van der Waals surface area contributed by atoms with Gasteiger partial charge in [0.2, 0.25) is 5.91 Å². The third-order valence-electron chi connectivity index (χ3n) is 4.10. The number of aromatic nitrogens is 2. The third-order valence-corrected chi connectivity index (χ3v) is 4.10. The van der Waals surface area contributed by atoms with E-state index in [2.05, 4.69) is 15.5 Å². The average molecular weight is 314 g/mol. The van der Waals surface area contributed by atoms with Gasteiger partial charge in [-0.1, -0.05) is 18.2 Å². The smallest absolute Gasteiger partial charge is 0.245 e. The monoisotopic (exact) mass is 314 g/mol. The van der Waals surface area contributed by atoms with Crippen LogP contribution in [-0.2, 0) is 9.53 Å². The first-order chi connectivity index (χ1) is 11.2. The number of H-pyrrole nitrogens is 1. The number of ether oxygens (including phenoxy) is 1. The van der Waals surface area contributed by atoms with Crippen molar-refractivity contribution in [3.63, 3.8) is 0 Å². The van der Waals surface area contributed by atoms with E-state index in [0.29, 0.717) is 11.7 Å². The maximum absolute atomic E-state index is 12.2. The van der Waals surface area contributed by atoms with Crippen LogP contribution in [0.25, 0.3) is 0 Å². The van der Waals surface area contributed by atoms with Crippen LogP contribution in [0.2, 0.25) is 0 Å². The molecule has 2 N–H and O–H groups in total. The van der Waals surface area contributed by atoms with Crippen molar-refractivity contribution in [3.05, 3.63) is 42.1 Å². The minimum Gasteiger partial charge on any atom is -0.381 e. The summed E-state index contributed by atoms with van der Waals surface area (Å²) in [4.78, 5) is 14.1. The molecule has 122 valence electrons. The SMILES string of the molecule is CN(CC(=O)Nc1cc(C2CCOCC2)[nH]n1)c1ccccc1. The molecule has 1 fully saturated rings. The Kier molecular flexibility index (Phi) is 4.92. The lowest BCUT2D eigenvalue weighted by Crippen LogP contribution is -2.30. The zero-order valence-electron chi connectivity index (χ0n) is 13.3. The van der Waals surface area contributed by atoms with E-state index in [1.54, 1.807) is 0 Å². The molecular formula is C17H22N4O2. The zero-order chi connectivity index (χ0) is 16.1. The molecule has 0 atom stereocenters. The molecule has 2 aromatic rings. The van der Waals surface area contributed by atoms with Crippen molar-refractivity contribution in [2.24, 2.45) is 0 Å². The molecule has 0 bridgehead atoms. The Morgan fingerprint density at radius 1 is 1.35 bits per heavy atom. The molecule has 1 saturated heterocycles. The van der Waals surface area contributed by atoms with Crippen molar-refractivity contribution in [2.75, 3.05) is 37.0 Å². The van der Waals surface area contributed by atoms with Gasteiger partial charge in [-0.3, -0.25) is 9.89 Å². The number of amides is 1. The number of likely N-dealkylation sites (N-methyl/N-ethyl adjacent to an activating group) is 1. The van der Waals surface area contributed by atoms with Gasteiger partial charge in [0.25, 0.3) is 0 Å². The van der Waals surface area contributed by atoms with Crippen molar-refractivity contribution in [3.8, 4) is 0 Å². The first-order valence-electron chi connectivity index (χ1n) is 7.91. The van der Waals surface area contributed by atoms with Crippen molar-refractivity contribution < 1.29 is 9.53 Å². The second-order valence-corrected chi connectivity index (χ2v) is 5.83. The van der Waals surface area contributed by atoms with Crippen LogP contribution in [0.1, 0.15) is 24.5 Å². The molecule has 3 rings (SSSR count). The fourth-order valence-electron chi connectivity index (χ4n) is 2.79. The van der Waals surface area contributed by atoms with E-state index in [0.717, 1.165) is 37.4 Å². The summed E-state index contributed by atoms with van der Waals surface area (Å²) in [7, 11) is 1.90. The van der Waals surface area contributed by atoms with Crippen molar-refractivity contribution >= 4 is 17.4 Å². The predicted molar refractivity (Wildman–Crippen MR) is 89.7 cm³/mol. The Labute approximate surface area is 135 Å². The van der Waals surface area contributed by atoms with Crippen LogP contribution in [0.3, 0.4) is 0 Å². The number of aromatic amines is 1. The number of rotatable bonds is 5. The first kappa shape index (κ1) is 15.6. The summed E-state index contributed by atoms with van der Waals surface area (Å²) in [5.74, 6) is 0.938. The van der Waals surface area contributed by atoms with E-state index in [4.69, 9.17) is 4.74 Å². The van der Waals surface area contributed by atoms with Gasteiger partial charge in [0, 0.05) is 43.6 Å². The van der Waals surface area contributed by atoms with Gasteiger partial charge in [0.15, 0.2) is 5.82 Å². The number of hydrogen-bond donors (Lipinski definition) is 2. The lowest BCUT2D eigenvalue weighted by Gasteiger charge is -2.20. The number of hydrogen-bond acceptors (Lipinski definition) is 4. The normalized spacial score (nSPS) is 15.3. The maximum Gasteiger partial charge on any atom is 0.245 e. The highest BCUT2D eigenvalue weighted by Gasteiger charge is 2.18. The number of nitrogens with one attached hydrogen (secondary N) is 2. The molecule has 0 saturated carbocycles. The van der Waals surface area contributed by atoms with Gasteiger partial charge in [-0.15, -0.1) is 0 Å². The molecule has 6 heteroatoms. The summed E-state index contributed by atoms with van der Waals surface area (Å²) in [6.45, 7) is 1.85. The summed E-state index contributed by atoms with van der Waals surface area (Å²) in [6, 6.07) is 11.8. The van der Waals surface area contributed by atoms with Gasteiger partial charge in [-0.05, 0) is 25.0 Å². The van der Waals surface area contributed by atoms with Gasteiger partial charge >= 0.3 is 0 Å². The van der Waals surface area contributed by atoms with E-state index in [-0.39, 0.29) is 12.5 Å². The average Bonchev–Trinajstić information content (AvgIpc) is 3.04. The zero-order valence-corrected chi connectivity index (χ0v) is 13.3. The van der Waals surface area contributed by atoms with E-state index in [9.17, 15) is 4.79 Å². The van der Waals surface area contributed by atoms with Gasteiger partial charge in [0.1, 0.15) is 0 Å². The fraction of sp³-hybridized carbons (Fsp3) is 0.412. The molecule has 1 aromatic heterocycles. The lowest BCUT2D eigenvalue weighted by molar-refractivity contribution is -0.114. The molecular weight excluding hydrogens is 292 g/mol. The predicted octanol–water partition coefficient (Wildman–Crippen LogP) is 2.38. The van der Waals surface area contributed by atoms with Crippen molar-refractivity contribution in [1.82, 2.24) is 10.2 Å². The molecule has 0 radical (unpaired) electrons. The number of anilines is 2. The lowest BCUT2D eigenvalue weighted by atomic mass is 9.97. The van der Waals surface area contributed by atoms with Crippen LogP contribution >= 0.6 is 0 Å². The van der Waals surface area contributed by atoms with Gasteiger partial charge in [-0.2, -0.15) is 5.10 Å². The van der Waals surface area contributed by atoms with Gasteiger partial charge < -0.3 is 15.0 Å². The van der Waals surface area contributed by atoms with Crippen LogP contribution in [0.5, 0.6) is 0 Å². The summed E-state index contributed by atoms with van der Waals surface area (Å²) in [6.07, 6.45) is 1.98. The Morgan fingerprint density at radius 2 is 2.09 bits per heavy atom. The number of carbonyl (C=O) groups excluding carboxylic acids is 1. The van der Waals surface area contributed by atoms with Crippen molar-refractivity contribution in [2.45, 2.75) is 18.8 Å². The topological polar surface area (TPSA) is 70.2 Å².